The Kier molecular flexibility index (Phi) is 6.02. The van der Waals surface area contributed by atoms with Crippen molar-refractivity contribution in [1.82, 2.24) is 0 Å². The number of halogens is 3. The van der Waals surface area contributed by atoms with Gasteiger partial charge in [-0.1, -0.05) is 41.4 Å². The van der Waals surface area contributed by atoms with Crippen molar-refractivity contribution in [2.75, 3.05) is 6.61 Å². The van der Waals surface area contributed by atoms with Crippen LogP contribution in [0.2, 0.25) is 0 Å². The summed E-state index contributed by atoms with van der Waals surface area (Å²) in [6.45, 7) is 3.29. The molecule has 0 fully saturated rings. The van der Waals surface area contributed by atoms with Crippen molar-refractivity contribution in [3.05, 3.63) is 12.2 Å². The third-order valence-electron chi connectivity index (χ3n) is 1.39. The summed E-state index contributed by atoms with van der Waals surface area (Å²) in [7, 11) is 0. The monoisotopic (exact) mass is 274 g/mol. The number of carboxylic acids is 1. The fraction of sp³-hybridized carbons (Fsp3) is 0.500. The number of esters is 1. The molecule has 15 heavy (non-hydrogen) atoms. The number of carbonyl (C=O) groups is 2. The summed E-state index contributed by atoms with van der Waals surface area (Å²) in [6.07, 6.45) is 0.528. The Labute approximate surface area is 102 Å². The molecule has 0 unspecified atom stereocenters. The molecule has 0 saturated heterocycles. The van der Waals surface area contributed by atoms with Gasteiger partial charge in [-0.05, 0) is 12.8 Å². The predicted octanol–water partition coefficient (Wildman–Crippen LogP) is 2.32. The summed E-state index contributed by atoms with van der Waals surface area (Å²) < 4.78 is 2.47. The first-order valence-electron chi connectivity index (χ1n) is 3.90. The predicted molar refractivity (Wildman–Crippen MR) is 57.3 cm³/mol. The summed E-state index contributed by atoms with van der Waals surface area (Å²) in [5.74, 6) is -2.06. The van der Waals surface area contributed by atoms with Crippen molar-refractivity contribution in [1.29, 1.82) is 0 Å². The highest BCUT2D eigenvalue weighted by molar-refractivity contribution is 6.75. The van der Waals surface area contributed by atoms with E-state index in [0.29, 0.717) is 6.42 Å². The van der Waals surface area contributed by atoms with Crippen molar-refractivity contribution in [2.45, 2.75) is 16.6 Å². The van der Waals surface area contributed by atoms with Crippen LogP contribution in [0.15, 0.2) is 12.2 Å². The molecule has 0 aliphatic rings. The van der Waals surface area contributed by atoms with Crippen LogP contribution in [0.5, 0.6) is 0 Å². The molecular weight excluding hydrogens is 266 g/mol. The Balaban J connectivity index is 3.69. The lowest BCUT2D eigenvalue weighted by molar-refractivity contribution is -0.142. The van der Waals surface area contributed by atoms with Gasteiger partial charge in [-0.15, -0.1) is 0 Å². The molecule has 0 saturated carbocycles. The van der Waals surface area contributed by atoms with Crippen molar-refractivity contribution in [3.8, 4) is 0 Å². The Morgan fingerprint density at radius 1 is 1.33 bits per heavy atom. The molecule has 0 bridgehead atoms. The van der Waals surface area contributed by atoms with Gasteiger partial charge < -0.3 is 9.84 Å². The summed E-state index contributed by atoms with van der Waals surface area (Å²) in [5.41, 5.74) is 0.0416. The van der Waals surface area contributed by atoms with Gasteiger partial charge >= 0.3 is 11.9 Å². The average molecular weight is 276 g/mol. The lowest BCUT2D eigenvalue weighted by atomic mass is 10.2. The van der Waals surface area contributed by atoms with Gasteiger partial charge in [-0.3, -0.25) is 0 Å². The molecule has 7 heteroatoms. The Morgan fingerprint density at radius 2 is 1.87 bits per heavy atom. The SMILES string of the molecule is C=C(CCCOC(=O)C(Cl)(Cl)Cl)C(=O)O. The highest BCUT2D eigenvalue weighted by atomic mass is 35.6. The minimum atomic E-state index is -2.09. The minimum absolute atomic E-state index is 0.0148. The number of alkyl halides is 3. The zero-order valence-electron chi connectivity index (χ0n) is 7.63. The van der Waals surface area contributed by atoms with E-state index >= 15 is 0 Å². The molecule has 0 aromatic carbocycles. The quantitative estimate of drug-likeness (QED) is 0.362. The summed E-state index contributed by atoms with van der Waals surface area (Å²) >= 11 is 15.7. The van der Waals surface area contributed by atoms with Crippen LogP contribution in [-0.2, 0) is 14.3 Å². The summed E-state index contributed by atoms with van der Waals surface area (Å²) in [5, 5.41) is 8.45. The van der Waals surface area contributed by atoms with Crippen molar-refractivity contribution in [2.24, 2.45) is 0 Å². The molecule has 0 aromatic heterocycles. The van der Waals surface area contributed by atoms with Crippen LogP contribution < -0.4 is 0 Å². The first-order chi connectivity index (χ1) is 6.75. The second kappa shape index (κ2) is 6.20. The zero-order chi connectivity index (χ0) is 12.1. The Bertz CT molecular complexity index is 270. The highest BCUT2D eigenvalue weighted by Crippen LogP contribution is 2.27. The number of rotatable bonds is 5. The average Bonchev–Trinajstić information content (AvgIpc) is 2.09. The normalized spacial score (nSPS) is 10.9. The van der Waals surface area contributed by atoms with Gasteiger partial charge in [0.05, 0.1) is 6.61 Å². The molecule has 0 atom stereocenters. The molecule has 0 aliphatic heterocycles. The Morgan fingerprint density at radius 3 is 2.27 bits per heavy atom. The molecule has 0 radical (unpaired) electrons. The van der Waals surface area contributed by atoms with Gasteiger partial charge in [0.25, 0.3) is 3.79 Å². The van der Waals surface area contributed by atoms with Crippen molar-refractivity contribution >= 4 is 46.7 Å². The molecule has 86 valence electrons. The van der Waals surface area contributed by atoms with Gasteiger partial charge in [0.2, 0.25) is 0 Å². The van der Waals surface area contributed by atoms with Crippen LogP contribution in [0.25, 0.3) is 0 Å². The number of hydrogen-bond donors (Lipinski definition) is 1. The second-order valence-corrected chi connectivity index (χ2v) is 4.93. The van der Waals surface area contributed by atoms with Gasteiger partial charge in [0.1, 0.15) is 0 Å². The van der Waals surface area contributed by atoms with E-state index in [1.165, 1.54) is 0 Å². The second-order valence-electron chi connectivity index (χ2n) is 2.65. The Hall–Kier alpha value is -0.450. The molecular formula is C8H9Cl3O4. The maximum atomic E-state index is 10.9. The van der Waals surface area contributed by atoms with Gasteiger partial charge in [0, 0.05) is 5.57 Å². The van der Waals surface area contributed by atoms with Crippen LogP contribution in [0.4, 0.5) is 0 Å². The largest absolute Gasteiger partial charge is 0.478 e. The van der Waals surface area contributed by atoms with Gasteiger partial charge in [0.15, 0.2) is 0 Å². The van der Waals surface area contributed by atoms with E-state index < -0.39 is 15.7 Å². The summed E-state index contributed by atoms with van der Waals surface area (Å²) in [6, 6.07) is 0. The first-order valence-corrected chi connectivity index (χ1v) is 5.03. The minimum Gasteiger partial charge on any atom is -0.478 e. The number of ether oxygens (including phenoxy) is 1. The fourth-order valence-electron chi connectivity index (χ4n) is 0.639. The molecule has 0 amide bonds. The maximum absolute atomic E-state index is 10.9. The smallest absolute Gasteiger partial charge is 0.358 e. The van der Waals surface area contributed by atoms with Gasteiger partial charge in [-0.25, -0.2) is 9.59 Å². The number of aliphatic carboxylic acids is 1. The van der Waals surface area contributed by atoms with E-state index in [2.05, 4.69) is 11.3 Å². The van der Waals surface area contributed by atoms with E-state index in [-0.39, 0.29) is 18.6 Å². The molecule has 0 rings (SSSR count). The topological polar surface area (TPSA) is 63.6 Å². The molecule has 4 nitrogen and oxygen atoms in total. The van der Waals surface area contributed by atoms with Crippen LogP contribution in [0.3, 0.4) is 0 Å². The van der Waals surface area contributed by atoms with E-state index in [9.17, 15) is 9.59 Å². The third kappa shape index (κ3) is 6.60. The molecule has 0 heterocycles. The van der Waals surface area contributed by atoms with Crippen molar-refractivity contribution < 1.29 is 19.4 Å². The molecule has 0 aliphatic carbocycles. The van der Waals surface area contributed by atoms with Crippen LogP contribution in [0.1, 0.15) is 12.8 Å². The zero-order valence-corrected chi connectivity index (χ0v) is 9.90. The van der Waals surface area contributed by atoms with E-state index in [4.69, 9.17) is 39.9 Å². The van der Waals surface area contributed by atoms with E-state index in [0.717, 1.165) is 0 Å². The number of hydrogen-bond acceptors (Lipinski definition) is 3. The van der Waals surface area contributed by atoms with Crippen LogP contribution in [0, 0.1) is 0 Å². The lowest BCUT2D eigenvalue weighted by Crippen LogP contribution is -2.22. The molecule has 1 N–H and O–H groups in total. The van der Waals surface area contributed by atoms with E-state index in [1.807, 2.05) is 0 Å². The van der Waals surface area contributed by atoms with Crippen LogP contribution >= 0.6 is 34.8 Å². The molecule has 0 aromatic rings. The first kappa shape index (κ1) is 14.6. The fourth-order valence-corrected chi connectivity index (χ4v) is 0.803. The number of carboxylic acid groups (broad SMARTS) is 1. The lowest BCUT2D eigenvalue weighted by Gasteiger charge is -2.10. The number of carbonyl (C=O) groups excluding carboxylic acids is 1. The highest BCUT2D eigenvalue weighted by Gasteiger charge is 2.32. The van der Waals surface area contributed by atoms with Crippen LogP contribution in [-0.4, -0.2) is 27.4 Å². The van der Waals surface area contributed by atoms with Gasteiger partial charge in [-0.2, -0.15) is 0 Å². The maximum Gasteiger partial charge on any atom is 0.358 e. The third-order valence-corrected chi connectivity index (χ3v) is 1.85. The molecule has 0 spiro atoms. The van der Waals surface area contributed by atoms with E-state index in [1.54, 1.807) is 0 Å². The van der Waals surface area contributed by atoms with Crippen molar-refractivity contribution in [3.63, 3.8) is 0 Å². The standard InChI is InChI=1S/C8H9Cl3O4/c1-5(6(12)13)3-2-4-15-7(14)8(9,10)11/h1-4H2,(H,12,13). The summed E-state index contributed by atoms with van der Waals surface area (Å²) in [4.78, 5) is 21.2.